The zero-order valence-corrected chi connectivity index (χ0v) is 10.5. The van der Waals surface area contributed by atoms with E-state index in [1.807, 2.05) is 6.92 Å². The summed E-state index contributed by atoms with van der Waals surface area (Å²) in [6.45, 7) is 6.83. The Balaban J connectivity index is 3.43. The van der Waals surface area contributed by atoms with E-state index >= 15 is 0 Å². The van der Waals surface area contributed by atoms with Crippen LogP contribution in [-0.4, -0.2) is 33.5 Å². The number of esters is 1. The molecule has 2 nitrogen and oxygen atoms in total. The van der Waals surface area contributed by atoms with E-state index in [1.165, 1.54) is 4.47 Å². The van der Waals surface area contributed by atoms with Crippen LogP contribution in [0.25, 0.3) is 0 Å². The molecule has 0 amide bonds. The van der Waals surface area contributed by atoms with E-state index in [4.69, 9.17) is 4.74 Å². The van der Waals surface area contributed by atoms with E-state index in [1.54, 1.807) is 0 Å². The van der Waals surface area contributed by atoms with Crippen LogP contribution in [0.5, 0.6) is 0 Å². The first-order chi connectivity index (χ1) is 5.72. The van der Waals surface area contributed by atoms with Gasteiger partial charge < -0.3 is 0 Å². The number of unbranched alkanes of at least 4 members (excludes halogenated alkanes) is 1. The van der Waals surface area contributed by atoms with Crippen LogP contribution in [0, 0.1) is 0 Å². The summed E-state index contributed by atoms with van der Waals surface area (Å²) in [5.41, 5.74) is 0. The molecule has 72 valence electrons. The van der Waals surface area contributed by atoms with Gasteiger partial charge in [0, 0.05) is 0 Å². The summed E-state index contributed by atoms with van der Waals surface area (Å²) < 4.78 is 6.47. The van der Waals surface area contributed by atoms with E-state index in [-0.39, 0.29) is 30.9 Å². The van der Waals surface area contributed by atoms with Gasteiger partial charge in [0.2, 0.25) is 0 Å². The average Bonchev–Trinajstić information content (AvgIpc) is 2.05. The van der Waals surface area contributed by atoms with E-state index in [0.29, 0.717) is 6.61 Å². The second-order valence-corrected chi connectivity index (χ2v) is 7.24. The van der Waals surface area contributed by atoms with Crippen LogP contribution < -0.4 is 0 Å². The van der Waals surface area contributed by atoms with Crippen LogP contribution in [0.15, 0.2) is 0 Å². The topological polar surface area (TPSA) is 26.3 Å². The van der Waals surface area contributed by atoms with Crippen LogP contribution in [-0.2, 0) is 9.53 Å². The first-order valence-corrected chi connectivity index (χ1v) is 7.49. The molecule has 0 aliphatic rings. The second-order valence-electron chi connectivity index (χ2n) is 2.62. The fourth-order valence-corrected chi connectivity index (χ4v) is 2.76. The molecule has 12 heavy (non-hydrogen) atoms. The van der Waals surface area contributed by atoms with Crippen molar-refractivity contribution in [2.24, 2.45) is 0 Å². The minimum atomic E-state index is -0.137. The Morgan fingerprint density at radius 2 is 2.17 bits per heavy atom. The molecule has 0 saturated carbocycles. The molecule has 0 saturated heterocycles. The second kappa shape index (κ2) is 7.89. The Morgan fingerprint density at radius 3 is 2.67 bits per heavy atom. The van der Waals surface area contributed by atoms with Gasteiger partial charge in [0.15, 0.2) is 0 Å². The van der Waals surface area contributed by atoms with Crippen LogP contribution in [0.4, 0.5) is 0 Å². The number of hydrogen-bond acceptors (Lipinski definition) is 2. The van der Waals surface area contributed by atoms with Crippen molar-refractivity contribution in [2.75, 3.05) is 6.61 Å². The van der Waals surface area contributed by atoms with Gasteiger partial charge in [-0.25, -0.2) is 0 Å². The molecule has 0 aromatic carbocycles. The summed E-state index contributed by atoms with van der Waals surface area (Å²) in [7, 11) is 0. The normalized spacial score (nSPS) is 12.6. The zero-order valence-electron chi connectivity index (χ0n) is 8.13. The van der Waals surface area contributed by atoms with Gasteiger partial charge in [-0.2, -0.15) is 0 Å². The fraction of sp³-hybridized carbons (Fsp3) is 0.889. The van der Waals surface area contributed by atoms with Crippen LogP contribution in [0.1, 0.15) is 33.6 Å². The molecule has 0 rings (SSSR count). The van der Waals surface area contributed by atoms with Crippen LogP contribution in [0.2, 0.25) is 8.43 Å². The molecular weight excluding hydrogens is 268 g/mol. The fourth-order valence-electron chi connectivity index (χ4n) is 0.752. The van der Waals surface area contributed by atoms with Crippen molar-refractivity contribution in [3.63, 3.8) is 0 Å². The van der Waals surface area contributed by atoms with Crippen molar-refractivity contribution < 1.29 is 9.53 Å². The van der Waals surface area contributed by atoms with Crippen molar-refractivity contribution in [3.05, 3.63) is 0 Å². The van der Waals surface area contributed by atoms with Crippen molar-refractivity contribution >= 4 is 26.9 Å². The molecule has 0 aromatic rings. The maximum absolute atomic E-state index is 11.2. The minimum absolute atomic E-state index is 0.0210. The molecule has 3 heteroatoms. The Labute approximate surface area is 85.1 Å². The van der Waals surface area contributed by atoms with Gasteiger partial charge in [-0.3, -0.25) is 0 Å². The summed E-state index contributed by atoms with van der Waals surface area (Å²) in [4.78, 5) is 11.2. The van der Waals surface area contributed by atoms with Gasteiger partial charge in [-0.1, -0.05) is 0 Å². The summed E-state index contributed by atoms with van der Waals surface area (Å²) in [6, 6.07) is 0. The molecule has 0 radical (unpaired) electrons. The number of carbonyl (C=O) groups excluding carboxylic acids is 1. The van der Waals surface area contributed by atoms with E-state index in [0.717, 1.165) is 12.8 Å². The number of ether oxygens (including phenoxy) is 1. The molecule has 1 atom stereocenters. The van der Waals surface area contributed by atoms with Crippen LogP contribution in [0.3, 0.4) is 0 Å². The molecule has 0 aliphatic heterocycles. The Bertz CT molecular complexity index is 126. The molecule has 0 bridgehead atoms. The molecule has 0 aromatic heterocycles. The van der Waals surface area contributed by atoms with Gasteiger partial charge >= 0.3 is 85.1 Å². The predicted octanol–water partition coefficient (Wildman–Crippen LogP) is 2.28. The number of rotatable bonds is 6. The summed E-state index contributed by atoms with van der Waals surface area (Å²) in [5, 5.41) is 0. The van der Waals surface area contributed by atoms with Crippen molar-refractivity contribution in [2.45, 2.75) is 42.0 Å². The van der Waals surface area contributed by atoms with Gasteiger partial charge in [-0.05, 0) is 0 Å². The molecule has 0 aliphatic carbocycles. The van der Waals surface area contributed by atoms with Crippen molar-refractivity contribution in [1.82, 2.24) is 0 Å². The van der Waals surface area contributed by atoms with Gasteiger partial charge in [0.05, 0.1) is 0 Å². The summed E-state index contributed by atoms with van der Waals surface area (Å²) in [5.74, 6) is 0.0210. The third-order valence-corrected chi connectivity index (χ3v) is 4.42. The Kier molecular flexibility index (Phi) is 8.06. The quantitative estimate of drug-likeness (QED) is 0.425. The van der Waals surface area contributed by atoms with Gasteiger partial charge in [0.1, 0.15) is 0 Å². The number of hydrogen-bond donors (Lipinski definition) is 0. The first-order valence-electron chi connectivity index (χ1n) is 4.50. The molecule has 0 spiro atoms. The SMILES string of the molecule is CCCCOC(=O)C(C)[Te]CC. The van der Waals surface area contributed by atoms with Crippen molar-refractivity contribution in [1.29, 1.82) is 0 Å². The molecule has 0 fully saturated rings. The van der Waals surface area contributed by atoms with Gasteiger partial charge in [0.25, 0.3) is 0 Å². The first kappa shape index (κ1) is 12.3. The van der Waals surface area contributed by atoms with Crippen molar-refractivity contribution in [3.8, 4) is 0 Å². The van der Waals surface area contributed by atoms with Crippen LogP contribution >= 0.6 is 0 Å². The zero-order chi connectivity index (χ0) is 9.40. The Morgan fingerprint density at radius 1 is 1.50 bits per heavy atom. The van der Waals surface area contributed by atoms with Gasteiger partial charge in [-0.15, -0.1) is 0 Å². The molecule has 0 heterocycles. The Hall–Kier alpha value is 0.260. The third-order valence-electron chi connectivity index (χ3n) is 1.49. The molecular formula is C9H18O2Te. The van der Waals surface area contributed by atoms with E-state index in [9.17, 15) is 4.79 Å². The summed E-state index contributed by atoms with van der Waals surface area (Å²) >= 11 is -0.137. The number of carbonyl (C=O) groups is 1. The third kappa shape index (κ3) is 5.85. The van der Waals surface area contributed by atoms with E-state index < -0.39 is 0 Å². The monoisotopic (exact) mass is 288 g/mol. The standard InChI is InChI=1S/C9H18O2Te/c1-4-6-7-11-9(10)8(3)12-5-2/h8H,4-7H2,1-3H3. The maximum atomic E-state index is 11.2. The molecule has 1 unspecified atom stereocenters. The molecule has 0 N–H and O–H groups in total. The van der Waals surface area contributed by atoms with E-state index in [2.05, 4.69) is 13.8 Å². The summed E-state index contributed by atoms with van der Waals surface area (Å²) in [6.07, 6.45) is 2.08. The predicted molar refractivity (Wildman–Crippen MR) is 51.5 cm³/mol. The average molecular weight is 286 g/mol.